The van der Waals surface area contributed by atoms with Gasteiger partial charge < -0.3 is 19.7 Å². The maximum atomic E-state index is 12.5. The summed E-state index contributed by atoms with van der Waals surface area (Å²) in [5.41, 5.74) is 0. The first-order chi connectivity index (χ1) is 21.8. The van der Waals surface area contributed by atoms with E-state index in [2.05, 4.69) is 19.2 Å². The molecule has 0 aromatic heterocycles. The molecular formula is C35H70NO8P. The molecule has 0 amide bonds. The van der Waals surface area contributed by atoms with Gasteiger partial charge in [0.25, 0.3) is 0 Å². The molecule has 45 heavy (non-hydrogen) atoms. The second-order valence-corrected chi connectivity index (χ2v) is 13.9. The smallest absolute Gasteiger partial charge is 0.462 e. The molecule has 0 fully saturated rings. The monoisotopic (exact) mass is 663 g/mol. The topological polar surface area (TPSA) is 120 Å². The van der Waals surface area contributed by atoms with Gasteiger partial charge in [0.1, 0.15) is 6.61 Å². The Kier molecular flexibility index (Phi) is 32.2. The zero-order valence-electron chi connectivity index (χ0n) is 29.3. The normalized spacial score (nSPS) is 13.4. The van der Waals surface area contributed by atoms with Crippen molar-refractivity contribution in [2.24, 2.45) is 0 Å². The number of hydrogen-bond donors (Lipinski definition) is 2. The number of phosphoric ester groups is 1. The summed E-state index contributed by atoms with van der Waals surface area (Å²) in [5.74, 6) is -0.800. The van der Waals surface area contributed by atoms with Crippen molar-refractivity contribution in [3.8, 4) is 0 Å². The second-order valence-electron chi connectivity index (χ2n) is 12.4. The van der Waals surface area contributed by atoms with Crippen molar-refractivity contribution in [1.82, 2.24) is 5.32 Å². The van der Waals surface area contributed by atoms with Gasteiger partial charge in [-0.25, -0.2) is 4.57 Å². The Morgan fingerprint density at radius 1 is 0.600 bits per heavy atom. The standard InChI is InChI=1S/C35H70NO8P/c1-4-6-8-10-12-14-16-18-20-22-24-26-28-35(38)44-33(32-43-45(39,40)42-30-29-36-3)31-41-34(37)27-25-23-21-19-17-15-13-11-9-7-5-2/h33,36H,4-32H2,1-3H3,(H,39,40). The maximum absolute atomic E-state index is 12.5. The van der Waals surface area contributed by atoms with Crippen LogP contribution in [0.4, 0.5) is 0 Å². The molecule has 0 aliphatic heterocycles. The Labute approximate surface area is 276 Å². The van der Waals surface area contributed by atoms with Gasteiger partial charge in [-0.15, -0.1) is 0 Å². The first-order valence-electron chi connectivity index (χ1n) is 18.5. The number of nitrogens with one attached hydrogen (secondary N) is 1. The van der Waals surface area contributed by atoms with E-state index in [9.17, 15) is 19.0 Å². The highest BCUT2D eigenvalue weighted by molar-refractivity contribution is 7.47. The summed E-state index contributed by atoms with van der Waals surface area (Å²) in [7, 11) is -2.63. The molecule has 0 saturated heterocycles. The molecule has 9 nitrogen and oxygen atoms in total. The van der Waals surface area contributed by atoms with Gasteiger partial charge in [0.2, 0.25) is 0 Å². The molecule has 0 aromatic rings. The quantitative estimate of drug-likeness (QED) is 0.0388. The van der Waals surface area contributed by atoms with Crippen LogP contribution in [0.3, 0.4) is 0 Å². The van der Waals surface area contributed by atoms with Crippen molar-refractivity contribution < 1.29 is 37.6 Å². The van der Waals surface area contributed by atoms with Crippen LogP contribution in [0.5, 0.6) is 0 Å². The molecule has 0 bridgehead atoms. The van der Waals surface area contributed by atoms with Gasteiger partial charge in [-0.05, 0) is 19.9 Å². The fourth-order valence-electron chi connectivity index (χ4n) is 5.14. The average Bonchev–Trinajstić information content (AvgIpc) is 3.01. The summed E-state index contributed by atoms with van der Waals surface area (Å²) in [6.45, 7) is 4.21. The zero-order chi connectivity index (χ0) is 33.3. The van der Waals surface area contributed by atoms with Crippen LogP contribution in [0.25, 0.3) is 0 Å². The summed E-state index contributed by atoms with van der Waals surface area (Å²) >= 11 is 0. The number of ether oxygens (including phenoxy) is 2. The van der Waals surface area contributed by atoms with Gasteiger partial charge in [0.15, 0.2) is 6.10 Å². The number of likely N-dealkylation sites (N-methyl/N-ethyl adjacent to an activating group) is 1. The van der Waals surface area contributed by atoms with Gasteiger partial charge >= 0.3 is 19.8 Å². The number of esters is 2. The molecule has 0 saturated carbocycles. The van der Waals surface area contributed by atoms with E-state index in [0.29, 0.717) is 19.4 Å². The Hall–Kier alpha value is -0.990. The molecule has 10 heteroatoms. The fraction of sp³-hybridized carbons (Fsp3) is 0.943. The molecule has 2 atom stereocenters. The first kappa shape index (κ1) is 44.0. The summed E-state index contributed by atoms with van der Waals surface area (Å²) < 4.78 is 33.0. The van der Waals surface area contributed by atoms with Crippen LogP contribution >= 0.6 is 7.82 Å². The van der Waals surface area contributed by atoms with Crippen molar-refractivity contribution >= 4 is 19.8 Å². The predicted molar refractivity (Wildman–Crippen MR) is 183 cm³/mol. The lowest BCUT2D eigenvalue weighted by atomic mass is 10.0. The third-order valence-corrected chi connectivity index (χ3v) is 8.96. The average molecular weight is 664 g/mol. The minimum absolute atomic E-state index is 0.0123. The van der Waals surface area contributed by atoms with E-state index in [1.807, 2.05) is 0 Å². The van der Waals surface area contributed by atoms with Crippen molar-refractivity contribution in [3.63, 3.8) is 0 Å². The van der Waals surface area contributed by atoms with Gasteiger partial charge in [0, 0.05) is 19.4 Å². The molecule has 2 N–H and O–H groups in total. The number of rotatable bonds is 35. The third kappa shape index (κ3) is 32.7. The number of unbranched alkanes of at least 4 members (excludes halogenated alkanes) is 21. The van der Waals surface area contributed by atoms with E-state index in [4.69, 9.17) is 18.5 Å². The van der Waals surface area contributed by atoms with Crippen molar-refractivity contribution in [3.05, 3.63) is 0 Å². The van der Waals surface area contributed by atoms with E-state index in [-0.39, 0.29) is 25.6 Å². The van der Waals surface area contributed by atoms with Crippen LogP contribution in [-0.4, -0.2) is 56.3 Å². The molecule has 0 radical (unpaired) electrons. The summed E-state index contributed by atoms with van der Waals surface area (Å²) in [5, 5.41) is 2.82. The number of phosphoric acid groups is 1. The molecule has 0 spiro atoms. The number of carbonyl (C=O) groups is 2. The van der Waals surface area contributed by atoms with Gasteiger partial charge in [0.05, 0.1) is 13.2 Å². The molecule has 2 unspecified atom stereocenters. The highest BCUT2D eigenvalue weighted by Gasteiger charge is 2.26. The summed E-state index contributed by atoms with van der Waals surface area (Å²) in [6.07, 6.45) is 27.1. The van der Waals surface area contributed by atoms with E-state index in [0.717, 1.165) is 32.1 Å². The molecule has 0 heterocycles. The van der Waals surface area contributed by atoms with Crippen LogP contribution in [0.2, 0.25) is 0 Å². The minimum atomic E-state index is -4.33. The van der Waals surface area contributed by atoms with Crippen LogP contribution < -0.4 is 5.32 Å². The Balaban J connectivity index is 4.29. The predicted octanol–water partition coefficient (Wildman–Crippen LogP) is 9.59. The fourth-order valence-corrected chi connectivity index (χ4v) is 5.89. The summed E-state index contributed by atoms with van der Waals surface area (Å²) in [6, 6.07) is 0. The van der Waals surface area contributed by atoms with Gasteiger partial charge in [-0.3, -0.25) is 18.6 Å². The van der Waals surface area contributed by atoms with Crippen LogP contribution in [0.1, 0.15) is 174 Å². The first-order valence-corrected chi connectivity index (χ1v) is 20.0. The Bertz CT molecular complexity index is 724. The minimum Gasteiger partial charge on any atom is -0.462 e. The Morgan fingerprint density at radius 2 is 1.00 bits per heavy atom. The second kappa shape index (κ2) is 32.9. The van der Waals surface area contributed by atoms with Crippen molar-refractivity contribution in [1.29, 1.82) is 0 Å². The van der Waals surface area contributed by atoms with Crippen LogP contribution in [0.15, 0.2) is 0 Å². The number of carbonyl (C=O) groups excluding carboxylic acids is 2. The lowest BCUT2D eigenvalue weighted by molar-refractivity contribution is -0.161. The zero-order valence-corrected chi connectivity index (χ0v) is 30.2. The molecule has 0 aliphatic rings. The lowest BCUT2D eigenvalue weighted by Crippen LogP contribution is -2.29. The SMILES string of the molecule is CCCCCCCCCCCCCCC(=O)OC(COC(=O)CCCCCCCCCCCCC)COP(=O)(O)OCCNC. The molecule has 0 rings (SSSR count). The summed E-state index contributed by atoms with van der Waals surface area (Å²) in [4.78, 5) is 34.8. The molecule has 0 aliphatic carbocycles. The van der Waals surface area contributed by atoms with Crippen molar-refractivity contribution in [2.75, 3.05) is 33.4 Å². The lowest BCUT2D eigenvalue weighted by Gasteiger charge is -2.20. The maximum Gasteiger partial charge on any atom is 0.472 e. The highest BCUT2D eigenvalue weighted by Crippen LogP contribution is 2.43. The van der Waals surface area contributed by atoms with E-state index >= 15 is 0 Å². The Morgan fingerprint density at radius 3 is 1.42 bits per heavy atom. The van der Waals surface area contributed by atoms with Crippen molar-refractivity contribution in [2.45, 2.75) is 180 Å². The van der Waals surface area contributed by atoms with E-state index in [1.165, 1.54) is 109 Å². The van der Waals surface area contributed by atoms with E-state index < -0.39 is 26.5 Å². The van der Waals surface area contributed by atoms with Crippen LogP contribution in [0, 0.1) is 0 Å². The molecule has 0 aromatic carbocycles. The third-order valence-electron chi connectivity index (χ3n) is 7.98. The van der Waals surface area contributed by atoms with Gasteiger partial charge in [-0.1, -0.05) is 149 Å². The largest absolute Gasteiger partial charge is 0.472 e. The highest BCUT2D eigenvalue weighted by atomic mass is 31.2. The number of hydrogen-bond acceptors (Lipinski definition) is 8. The van der Waals surface area contributed by atoms with E-state index in [1.54, 1.807) is 7.05 Å². The molecular weight excluding hydrogens is 593 g/mol. The molecule has 268 valence electrons. The van der Waals surface area contributed by atoms with Crippen LogP contribution in [-0.2, 0) is 32.7 Å². The van der Waals surface area contributed by atoms with Gasteiger partial charge in [-0.2, -0.15) is 0 Å².